The zero-order valence-electron chi connectivity index (χ0n) is 6.23. The fourth-order valence-corrected chi connectivity index (χ4v) is 2.21. The van der Waals surface area contributed by atoms with Crippen LogP contribution >= 0.6 is 7.60 Å². The second-order valence-corrected chi connectivity index (χ2v) is 4.46. The molecule has 0 aromatic rings. The van der Waals surface area contributed by atoms with Crippen molar-refractivity contribution in [1.82, 2.24) is 0 Å². The average molecular weight is 166 g/mol. The van der Waals surface area contributed by atoms with E-state index >= 15 is 0 Å². The highest BCUT2D eigenvalue weighted by atomic mass is 31.2. The Balaban J connectivity index is 2.57. The van der Waals surface area contributed by atoms with Gasteiger partial charge in [-0.15, -0.1) is 0 Å². The molecule has 0 aromatic heterocycles. The summed E-state index contributed by atoms with van der Waals surface area (Å²) in [4.78, 5) is 0. The summed E-state index contributed by atoms with van der Waals surface area (Å²) < 4.78 is 25.7. The molecule has 2 atom stereocenters. The van der Waals surface area contributed by atoms with Gasteiger partial charge in [0.15, 0.2) is 5.85 Å². The number of rotatable bonds is 3. The third-order valence-electron chi connectivity index (χ3n) is 1.50. The van der Waals surface area contributed by atoms with Crippen molar-refractivity contribution in [3.63, 3.8) is 0 Å². The summed E-state index contributed by atoms with van der Waals surface area (Å²) in [6, 6.07) is 0. The molecule has 1 heterocycles. The first-order valence-corrected chi connectivity index (χ1v) is 4.62. The van der Waals surface area contributed by atoms with Crippen molar-refractivity contribution in [2.24, 2.45) is 0 Å². The molecule has 1 rings (SSSR count). The standard InChI is InChI=1S/C5H11O4P/c1-4-5(9-4)10(6,7-2)8-3/h4-5H,1-3H3/t4-,5-/m0/s1. The van der Waals surface area contributed by atoms with E-state index < -0.39 is 7.60 Å². The third kappa shape index (κ3) is 1.25. The summed E-state index contributed by atoms with van der Waals surface area (Å²) in [5.74, 6) is -0.345. The van der Waals surface area contributed by atoms with E-state index in [-0.39, 0.29) is 11.9 Å². The van der Waals surface area contributed by atoms with Crippen LogP contribution in [0.1, 0.15) is 6.92 Å². The Morgan fingerprint density at radius 1 is 1.40 bits per heavy atom. The molecule has 0 bridgehead atoms. The zero-order valence-corrected chi connectivity index (χ0v) is 7.13. The largest absolute Gasteiger partial charge is 0.361 e. The Labute approximate surface area is 60.0 Å². The summed E-state index contributed by atoms with van der Waals surface area (Å²) in [6.07, 6.45) is 0.00531. The van der Waals surface area contributed by atoms with Gasteiger partial charge < -0.3 is 13.8 Å². The molecule has 1 aliphatic heterocycles. The maximum absolute atomic E-state index is 11.4. The van der Waals surface area contributed by atoms with Crippen molar-refractivity contribution in [2.75, 3.05) is 14.2 Å². The minimum absolute atomic E-state index is 0.00531. The van der Waals surface area contributed by atoms with Gasteiger partial charge in [0, 0.05) is 14.2 Å². The molecule has 1 fully saturated rings. The Morgan fingerprint density at radius 2 is 1.80 bits per heavy atom. The first-order chi connectivity index (χ1) is 4.64. The van der Waals surface area contributed by atoms with Crippen molar-refractivity contribution in [2.45, 2.75) is 18.9 Å². The number of hydrogen-bond donors (Lipinski definition) is 0. The van der Waals surface area contributed by atoms with E-state index in [0.717, 1.165) is 0 Å². The first-order valence-electron chi connectivity index (χ1n) is 3.00. The van der Waals surface area contributed by atoms with Crippen LogP contribution < -0.4 is 0 Å². The Morgan fingerprint density at radius 3 is 1.90 bits per heavy atom. The Hall–Kier alpha value is 0.110. The minimum Gasteiger partial charge on any atom is -0.356 e. The lowest BCUT2D eigenvalue weighted by Crippen LogP contribution is -1.97. The predicted octanol–water partition coefficient (Wildman–Crippen LogP) is 1.22. The minimum atomic E-state index is -2.92. The van der Waals surface area contributed by atoms with Crippen LogP contribution in [-0.4, -0.2) is 26.2 Å². The molecule has 10 heavy (non-hydrogen) atoms. The summed E-state index contributed by atoms with van der Waals surface area (Å²) in [5.41, 5.74) is 0. The fraction of sp³-hybridized carbons (Fsp3) is 1.00. The van der Waals surface area contributed by atoms with Gasteiger partial charge in [-0.05, 0) is 6.92 Å². The SMILES string of the molecule is COP(=O)(OC)[C@@H]1O[C@H]1C. The van der Waals surface area contributed by atoms with Crippen molar-refractivity contribution < 1.29 is 18.3 Å². The lowest BCUT2D eigenvalue weighted by Gasteiger charge is -2.09. The van der Waals surface area contributed by atoms with Crippen LogP contribution in [0.4, 0.5) is 0 Å². The van der Waals surface area contributed by atoms with Gasteiger partial charge in [-0.1, -0.05) is 0 Å². The molecular weight excluding hydrogens is 155 g/mol. The monoisotopic (exact) mass is 166 g/mol. The van der Waals surface area contributed by atoms with Gasteiger partial charge in [-0.2, -0.15) is 0 Å². The van der Waals surface area contributed by atoms with E-state index in [1.165, 1.54) is 14.2 Å². The summed E-state index contributed by atoms with van der Waals surface area (Å²) in [7, 11) is -0.201. The molecular formula is C5H11O4P. The highest BCUT2D eigenvalue weighted by Crippen LogP contribution is 2.60. The highest BCUT2D eigenvalue weighted by Gasteiger charge is 2.51. The smallest absolute Gasteiger partial charge is 0.356 e. The van der Waals surface area contributed by atoms with Gasteiger partial charge in [-0.3, -0.25) is 4.57 Å². The van der Waals surface area contributed by atoms with Crippen molar-refractivity contribution in [3.05, 3.63) is 0 Å². The number of epoxide rings is 1. The van der Waals surface area contributed by atoms with Crippen LogP contribution in [-0.2, 0) is 18.3 Å². The fourth-order valence-electron chi connectivity index (χ4n) is 0.789. The molecule has 0 unspecified atom stereocenters. The lowest BCUT2D eigenvalue weighted by molar-refractivity contribution is 0.258. The average Bonchev–Trinajstić information content (AvgIpc) is 2.66. The van der Waals surface area contributed by atoms with Crippen molar-refractivity contribution >= 4 is 7.60 Å². The van der Waals surface area contributed by atoms with Gasteiger partial charge in [0.25, 0.3) is 0 Å². The van der Waals surface area contributed by atoms with Crippen LogP contribution in [0.3, 0.4) is 0 Å². The molecule has 4 nitrogen and oxygen atoms in total. The lowest BCUT2D eigenvalue weighted by atomic mass is 10.6. The maximum Gasteiger partial charge on any atom is 0.361 e. The van der Waals surface area contributed by atoms with E-state index in [1.807, 2.05) is 6.92 Å². The van der Waals surface area contributed by atoms with Crippen LogP contribution in [0.2, 0.25) is 0 Å². The van der Waals surface area contributed by atoms with Gasteiger partial charge in [-0.25, -0.2) is 0 Å². The molecule has 1 saturated heterocycles. The molecule has 60 valence electrons. The van der Waals surface area contributed by atoms with E-state index in [4.69, 9.17) is 4.74 Å². The molecule has 0 radical (unpaired) electrons. The van der Waals surface area contributed by atoms with E-state index in [0.29, 0.717) is 0 Å². The van der Waals surface area contributed by atoms with Crippen LogP contribution in [0.25, 0.3) is 0 Å². The summed E-state index contributed by atoms with van der Waals surface area (Å²) in [5, 5.41) is 0. The van der Waals surface area contributed by atoms with Crippen molar-refractivity contribution in [1.29, 1.82) is 0 Å². The first kappa shape index (κ1) is 8.21. The summed E-state index contributed by atoms with van der Waals surface area (Å²) in [6.45, 7) is 1.83. The van der Waals surface area contributed by atoms with Gasteiger partial charge in [0.2, 0.25) is 0 Å². The van der Waals surface area contributed by atoms with Crippen LogP contribution in [0.5, 0.6) is 0 Å². The maximum atomic E-state index is 11.4. The molecule has 1 aliphatic rings. The quantitative estimate of drug-likeness (QED) is 0.467. The third-order valence-corrected chi connectivity index (χ3v) is 3.68. The van der Waals surface area contributed by atoms with Gasteiger partial charge >= 0.3 is 7.60 Å². The summed E-state index contributed by atoms with van der Waals surface area (Å²) >= 11 is 0. The predicted molar refractivity (Wildman–Crippen MR) is 36.0 cm³/mol. The molecule has 0 amide bonds. The highest BCUT2D eigenvalue weighted by molar-refractivity contribution is 7.54. The Bertz CT molecular complexity index is 161. The second-order valence-electron chi connectivity index (χ2n) is 2.14. The van der Waals surface area contributed by atoms with Crippen LogP contribution in [0, 0.1) is 0 Å². The normalized spacial score (nSPS) is 32.3. The van der Waals surface area contributed by atoms with E-state index in [1.54, 1.807) is 0 Å². The zero-order chi connectivity index (χ0) is 7.78. The van der Waals surface area contributed by atoms with E-state index in [9.17, 15) is 4.57 Å². The molecule has 0 saturated carbocycles. The molecule has 0 N–H and O–H groups in total. The molecule has 0 aliphatic carbocycles. The number of hydrogen-bond acceptors (Lipinski definition) is 4. The van der Waals surface area contributed by atoms with E-state index in [2.05, 4.69) is 9.05 Å². The van der Waals surface area contributed by atoms with Gasteiger partial charge in [0.05, 0.1) is 6.10 Å². The molecule has 0 aromatic carbocycles. The number of ether oxygens (including phenoxy) is 1. The second kappa shape index (κ2) is 2.62. The van der Waals surface area contributed by atoms with Crippen molar-refractivity contribution in [3.8, 4) is 0 Å². The molecule has 0 spiro atoms. The van der Waals surface area contributed by atoms with Gasteiger partial charge in [0.1, 0.15) is 0 Å². The Kier molecular flexibility index (Phi) is 2.15. The van der Waals surface area contributed by atoms with Crippen LogP contribution in [0.15, 0.2) is 0 Å². The molecule has 5 heteroatoms. The topological polar surface area (TPSA) is 48.1 Å².